The summed E-state index contributed by atoms with van der Waals surface area (Å²) in [4.78, 5) is 4.61. The predicted octanol–water partition coefficient (Wildman–Crippen LogP) is 1.85. The smallest absolute Gasteiger partial charge is 0.155 e. The molecule has 0 spiro atoms. The van der Waals surface area contributed by atoms with Crippen LogP contribution >= 0.6 is 12.4 Å². The van der Waals surface area contributed by atoms with Crippen molar-refractivity contribution in [2.45, 2.75) is 18.8 Å². The SMILES string of the molecule is Cl.c1cc2cn[nH]c2nc1C1CCNCC1. The minimum Gasteiger partial charge on any atom is -0.317 e. The average molecular weight is 239 g/mol. The number of aromatic nitrogens is 3. The third-order valence-corrected chi connectivity index (χ3v) is 3.08. The second kappa shape index (κ2) is 4.80. The van der Waals surface area contributed by atoms with Crippen LogP contribution in [0.15, 0.2) is 18.3 Å². The maximum absolute atomic E-state index is 4.61. The summed E-state index contributed by atoms with van der Waals surface area (Å²) in [6.45, 7) is 2.21. The second-order valence-electron chi connectivity index (χ2n) is 4.07. The van der Waals surface area contributed by atoms with E-state index in [-0.39, 0.29) is 12.4 Å². The molecule has 1 aliphatic rings. The Morgan fingerprint density at radius 2 is 2.00 bits per heavy atom. The standard InChI is InChI=1S/C11H14N4.ClH/c1-2-10(8-3-5-12-6-4-8)14-11-9(1)7-13-15-11;/h1-2,7-8,12H,3-6H2,(H,13,14,15);1H. The van der Waals surface area contributed by atoms with E-state index in [0.717, 1.165) is 24.1 Å². The van der Waals surface area contributed by atoms with Crippen LogP contribution in [-0.4, -0.2) is 28.3 Å². The molecular weight excluding hydrogens is 224 g/mol. The van der Waals surface area contributed by atoms with Crippen molar-refractivity contribution in [3.05, 3.63) is 24.0 Å². The fourth-order valence-electron chi connectivity index (χ4n) is 2.19. The fraction of sp³-hybridized carbons (Fsp3) is 0.455. The molecule has 1 saturated heterocycles. The van der Waals surface area contributed by atoms with Crippen LogP contribution in [0.5, 0.6) is 0 Å². The molecule has 1 aliphatic heterocycles. The molecule has 2 aromatic rings. The molecule has 16 heavy (non-hydrogen) atoms. The molecule has 0 aliphatic carbocycles. The molecule has 4 nitrogen and oxygen atoms in total. The molecule has 3 heterocycles. The number of halogens is 1. The van der Waals surface area contributed by atoms with E-state index < -0.39 is 0 Å². The number of hydrogen-bond acceptors (Lipinski definition) is 3. The van der Waals surface area contributed by atoms with Gasteiger partial charge in [-0.05, 0) is 38.1 Å². The van der Waals surface area contributed by atoms with Crippen LogP contribution in [0.4, 0.5) is 0 Å². The van der Waals surface area contributed by atoms with Gasteiger partial charge in [-0.25, -0.2) is 4.98 Å². The maximum Gasteiger partial charge on any atom is 0.155 e. The maximum atomic E-state index is 4.61. The van der Waals surface area contributed by atoms with Crippen molar-refractivity contribution in [2.24, 2.45) is 0 Å². The highest BCUT2D eigenvalue weighted by Gasteiger charge is 2.16. The molecule has 2 aromatic heterocycles. The van der Waals surface area contributed by atoms with Crippen molar-refractivity contribution < 1.29 is 0 Å². The van der Waals surface area contributed by atoms with Crippen molar-refractivity contribution in [3.63, 3.8) is 0 Å². The van der Waals surface area contributed by atoms with Crippen LogP contribution in [0.1, 0.15) is 24.5 Å². The Kier molecular flexibility index (Phi) is 3.41. The van der Waals surface area contributed by atoms with Gasteiger partial charge in [0.1, 0.15) is 0 Å². The average Bonchev–Trinajstić information content (AvgIpc) is 2.77. The lowest BCUT2D eigenvalue weighted by molar-refractivity contribution is 0.454. The van der Waals surface area contributed by atoms with E-state index in [9.17, 15) is 0 Å². The van der Waals surface area contributed by atoms with Gasteiger partial charge >= 0.3 is 0 Å². The summed E-state index contributed by atoms with van der Waals surface area (Å²) in [5.41, 5.74) is 2.11. The van der Waals surface area contributed by atoms with E-state index in [4.69, 9.17) is 0 Å². The van der Waals surface area contributed by atoms with Crippen LogP contribution in [0.25, 0.3) is 11.0 Å². The van der Waals surface area contributed by atoms with Crippen LogP contribution in [0, 0.1) is 0 Å². The second-order valence-corrected chi connectivity index (χ2v) is 4.07. The number of nitrogens with one attached hydrogen (secondary N) is 2. The molecule has 3 rings (SSSR count). The van der Waals surface area contributed by atoms with E-state index in [1.165, 1.54) is 18.5 Å². The summed E-state index contributed by atoms with van der Waals surface area (Å²) in [5, 5.41) is 11.4. The third-order valence-electron chi connectivity index (χ3n) is 3.08. The number of fused-ring (bicyclic) bond motifs is 1. The zero-order valence-electron chi connectivity index (χ0n) is 8.94. The first kappa shape index (κ1) is 11.4. The van der Waals surface area contributed by atoms with Gasteiger partial charge in [0, 0.05) is 17.0 Å². The summed E-state index contributed by atoms with van der Waals surface area (Å²) in [6.07, 6.45) is 4.19. The van der Waals surface area contributed by atoms with Crippen molar-refractivity contribution in [3.8, 4) is 0 Å². The third kappa shape index (κ3) is 2.03. The van der Waals surface area contributed by atoms with Gasteiger partial charge in [0.05, 0.1) is 6.20 Å². The van der Waals surface area contributed by atoms with Gasteiger partial charge in [-0.2, -0.15) is 5.10 Å². The summed E-state index contributed by atoms with van der Waals surface area (Å²) in [6, 6.07) is 4.23. The first-order valence-corrected chi connectivity index (χ1v) is 5.44. The van der Waals surface area contributed by atoms with Crippen LogP contribution in [0.3, 0.4) is 0 Å². The Bertz CT molecular complexity index is 462. The Balaban J connectivity index is 0.000000963. The molecule has 0 atom stereocenters. The first-order chi connectivity index (χ1) is 7.43. The number of nitrogens with zero attached hydrogens (tertiary/aromatic N) is 2. The minimum absolute atomic E-state index is 0. The van der Waals surface area contributed by atoms with Crippen LogP contribution < -0.4 is 5.32 Å². The number of H-pyrrole nitrogens is 1. The molecule has 0 saturated carbocycles. The molecular formula is C11H15ClN4. The van der Waals surface area contributed by atoms with Gasteiger partial charge < -0.3 is 5.32 Å². The summed E-state index contributed by atoms with van der Waals surface area (Å²) in [7, 11) is 0. The Morgan fingerprint density at radius 1 is 1.19 bits per heavy atom. The Labute approximate surface area is 100 Å². The minimum atomic E-state index is 0. The van der Waals surface area contributed by atoms with Gasteiger partial charge in [0.25, 0.3) is 0 Å². The normalized spacial score (nSPS) is 17.2. The fourth-order valence-corrected chi connectivity index (χ4v) is 2.19. The van der Waals surface area contributed by atoms with Crippen LogP contribution in [0.2, 0.25) is 0 Å². The zero-order chi connectivity index (χ0) is 10.1. The van der Waals surface area contributed by atoms with Crippen molar-refractivity contribution in [1.29, 1.82) is 0 Å². The quantitative estimate of drug-likeness (QED) is 0.797. The first-order valence-electron chi connectivity index (χ1n) is 5.44. The van der Waals surface area contributed by atoms with Gasteiger partial charge in [-0.15, -0.1) is 12.4 Å². The van der Waals surface area contributed by atoms with E-state index >= 15 is 0 Å². The number of rotatable bonds is 1. The molecule has 86 valence electrons. The Hall–Kier alpha value is -1.13. The topological polar surface area (TPSA) is 53.6 Å². The van der Waals surface area contributed by atoms with E-state index in [1.54, 1.807) is 0 Å². The molecule has 0 aromatic carbocycles. The van der Waals surface area contributed by atoms with E-state index in [0.29, 0.717) is 5.92 Å². The van der Waals surface area contributed by atoms with E-state index in [1.807, 2.05) is 6.20 Å². The number of piperidine rings is 1. The lowest BCUT2D eigenvalue weighted by Crippen LogP contribution is -2.27. The predicted molar refractivity (Wildman–Crippen MR) is 66.0 cm³/mol. The van der Waals surface area contributed by atoms with E-state index in [2.05, 4.69) is 32.6 Å². The lowest BCUT2D eigenvalue weighted by Gasteiger charge is -2.21. The van der Waals surface area contributed by atoms with Crippen molar-refractivity contribution in [2.75, 3.05) is 13.1 Å². The highest BCUT2D eigenvalue weighted by Crippen LogP contribution is 2.24. The molecule has 1 fully saturated rings. The Morgan fingerprint density at radius 3 is 2.81 bits per heavy atom. The summed E-state index contributed by atoms with van der Waals surface area (Å²) < 4.78 is 0. The number of hydrogen-bond donors (Lipinski definition) is 2. The lowest BCUT2D eigenvalue weighted by atomic mass is 9.94. The molecule has 0 amide bonds. The van der Waals surface area contributed by atoms with Crippen molar-refractivity contribution >= 4 is 23.4 Å². The zero-order valence-corrected chi connectivity index (χ0v) is 9.76. The van der Waals surface area contributed by atoms with Gasteiger partial charge in [0.2, 0.25) is 0 Å². The molecule has 2 N–H and O–H groups in total. The van der Waals surface area contributed by atoms with Crippen LogP contribution in [-0.2, 0) is 0 Å². The number of pyridine rings is 1. The monoisotopic (exact) mass is 238 g/mol. The molecule has 0 unspecified atom stereocenters. The van der Waals surface area contributed by atoms with Gasteiger partial charge in [0.15, 0.2) is 5.65 Å². The van der Waals surface area contributed by atoms with Gasteiger partial charge in [-0.1, -0.05) is 0 Å². The van der Waals surface area contributed by atoms with Gasteiger partial charge in [-0.3, -0.25) is 5.10 Å². The summed E-state index contributed by atoms with van der Waals surface area (Å²) >= 11 is 0. The molecule has 0 bridgehead atoms. The largest absolute Gasteiger partial charge is 0.317 e. The highest BCUT2D eigenvalue weighted by molar-refractivity contribution is 5.85. The summed E-state index contributed by atoms with van der Waals surface area (Å²) in [5.74, 6) is 0.610. The molecule has 0 radical (unpaired) electrons. The molecule has 5 heteroatoms. The highest BCUT2D eigenvalue weighted by atomic mass is 35.5. The van der Waals surface area contributed by atoms with Crippen molar-refractivity contribution in [1.82, 2.24) is 20.5 Å². The number of aromatic amines is 1.